The summed E-state index contributed by atoms with van der Waals surface area (Å²) in [6.45, 7) is 9.94. The molecular formula is C27H38OS. The van der Waals surface area contributed by atoms with Gasteiger partial charge in [0.25, 0.3) is 0 Å². The predicted octanol–water partition coefficient (Wildman–Crippen LogP) is 7.48. The first-order valence-electron chi connectivity index (χ1n) is 12.1. The van der Waals surface area contributed by atoms with Gasteiger partial charge in [0, 0.05) is 0 Å². The second kappa shape index (κ2) is 7.09. The van der Waals surface area contributed by atoms with Crippen molar-refractivity contribution in [3.63, 3.8) is 0 Å². The van der Waals surface area contributed by atoms with Crippen LogP contribution >= 0.6 is 11.3 Å². The highest BCUT2D eigenvalue weighted by Crippen LogP contribution is 2.69. The first kappa shape index (κ1) is 20.1. The van der Waals surface area contributed by atoms with Crippen LogP contribution in [-0.4, -0.2) is 11.2 Å². The summed E-state index contributed by atoms with van der Waals surface area (Å²) in [5.41, 5.74) is 7.25. The van der Waals surface area contributed by atoms with E-state index >= 15 is 0 Å². The number of thiophene rings is 1. The third-order valence-corrected chi connectivity index (χ3v) is 10.4. The lowest BCUT2D eigenvalue weighted by molar-refractivity contribution is -0.0468. The Morgan fingerprint density at radius 2 is 1.86 bits per heavy atom. The smallest absolute Gasteiger partial charge is 0.0577 e. The van der Waals surface area contributed by atoms with Gasteiger partial charge in [-0.3, -0.25) is 0 Å². The molecule has 2 heteroatoms. The molecule has 4 aliphatic carbocycles. The fourth-order valence-electron chi connectivity index (χ4n) is 8.24. The van der Waals surface area contributed by atoms with Gasteiger partial charge < -0.3 is 5.11 Å². The van der Waals surface area contributed by atoms with Crippen LogP contribution in [0.3, 0.4) is 0 Å². The third-order valence-electron chi connectivity index (χ3n) is 9.74. The lowest BCUT2D eigenvalue weighted by Gasteiger charge is -2.60. The van der Waals surface area contributed by atoms with Crippen LogP contribution in [0.5, 0.6) is 0 Å². The van der Waals surface area contributed by atoms with E-state index in [0.29, 0.717) is 16.7 Å². The Labute approximate surface area is 181 Å². The summed E-state index contributed by atoms with van der Waals surface area (Å²) in [5, 5.41) is 15.0. The fourth-order valence-corrected chi connectivity index (χ4v) is 8.89. The van der Waals surface area contributed by atoms with E-state index in [1.165, 1.54) is 44.1 Å². The fraction of sp³-hybridized carbons (Fsp3) is 0.704. The van der Waals surface area contributed by atoms with E-state index in [4.69, 9.17) is 0 Å². The van der Waals surface area contributed by atoms with Crippen LogP contribution in [-0.2, 0) is 0 Å². The van der Waals surface area contributed by atoms with Crippen molar-refractivity contribution in [3.8, 4) is 0 Å². The molecule has 4 aliphatic rings. The number of hydrogen-bond donors (Lipinski definition) is 1. The molecule has 0 spiro atoms. The maximum Gasteiger partial charge on any atom is 0.0577 e. The van der Waals surface area contributed by atoms with Crippen molar-refractivity contribution < 1.29 is 5.11 Å². The molecule has 7 atom stereocenters. The van der Waals surface area contributed by atoms with E-state index in [1.807, 2.05) is 11.3 Å². The van der Waals surface area contributed by atoms with Gasteiger partial charge in [-0.05, 0) is 114 Å². The summed E-state index contributed by atoms with van der Waals surface area (Å²) >= 11 is 1.85. The van der Waals surface area contributed by atoms with E-state index in [2.05, 4.69) is 50.6 Å². The molecule has 1 N–H and O–H groups in total. The van der Waals surface area contributed by atoms with E-state index in [-0.39, 0.29) is 6.10 Å². The average Bonchev–Trinajstić information content (AvgIpc) is 3.32. The van der Waals surface area contributed by atoms with Crippen molar-refractivity contribution in [1.82, 2.24) is 0 Å². The molecule has 158 valence electrons. The molecule has 2 fully saturated rings. The summed E-state index contributed by atoms with van der Waals surface area (Å²) in [4.78, 5) is 0. The standard InChI is InChI=1S/C27H38OS/c1-5-17-13-20-15-21(28)7-10-26(20,3)22-8-11-27(4)23(24(17)22)14-18(6-2)25(27)19-9-12-29-16-19/h9,12-13,16-17,21-24,28H,5-8,10-11,14-15H2,1-4H3/t17?,21?,22-,23+,24-,26+,27+/m1/s1. The van der Waals surface area contributed by atoms with Crippen molar-refractivity contribution in [3.05, 3.63) is 39.6 Å². The Balaban J connectivity index is 1.58. The quantitative estimate of drug-likeness (QED) is 0.512. The highest BCUT2D eigenvalue weighted by atomic mass is 32.1. The van der Waals surface area contributed by atoms with E-state index < -0.39 is 0 Å². The zero-order valence-corrected chi connectivity index (χ0v) is 19.5. The number of aliphatic hydroxyl groups excluding tert-OH is 1. The van der Waals surface area contributed by atoms with Gasteiger partial charge in [-0.25, -0.2) is 0 Å². The minimum absolute atomic E-state index is 0.109. The van der Waals surface area contributed by atoms with Crippen LogP contribution in [0.2, 0.25) is 0 Å². The molecule has 1 aromatic rings. The van der Waals surface area contributed by atoms with Crippen molar-refractivity contribution in [2.24, 2.45) is 34.5 Å². The molecule has 0 radical (unpaired) electrons. The normalized spacial score (nSPS) is 44.2. The number of rotatable bonds is 3. The summed E-state index contributed by atoms with van der Waals surface area (Å²) in [5.74, 6) is 3.09. The highest BCUT2D eigenvalue weighted by molar-refractivity contribution is 7.08. The molecule has 2 saturated carbocycles. The summed E-state index contributed by atoms with van der Waals surface area (Å²) in [6, 6.07) is 2.37. The molecule has 2 unspecified atom stereocenters. The van der Waals surface area contributed by atoms with Gasteiger partial charge in [-0.15, -0.1) is 0 Å². The van der Waals surface area contributed by atoms with Gasteiger partial charge in [0.15, 0.2) is 0 Å². The van der Waals surface area contributed by atoms with Gasteiger partial charge in [0.05, 0.1) is 6.10 Å². The van der Waals surface area contributed by atoms with Gasteiger partial charge in [-0.1, -0.05) is 44.9 Å². The second-order valence-electron chi connectivity index (χ2n) is 10.9. The van der Waals surface area contributed by atoms with E-state index in [1.54, 1.807) is 16.7 Å². The summed E-state index contributed by atoms with van der Waals surface area (Å²) in [7, 11) is 0. The van der Waals surface area contributed by atoms with Gasteiger partial charge in [0.2, 0.25) is 0 Å². The molecule has 1 heterocycles. The van der Waals surface area contributed by atoms with Crippen molar-refractivity contribution in [2.75, 3.05) is 0 Å². The maximum absolute atomic E-state index is 10.4. The molecule has 0 bridgehead atoms. The summed E-state index contributed by atoms with van der Waals surface area (Å²) in [6.07, 6.45) is 12.1. The van der Waals surface area contributed by atoms with Crippen LogP contribution in [0.25, 0.3) is 5.57 Å². The molecule has 1 aromatic heterocycles. The molecular weight excluding hydrogens is 372 g/mol. The van der Waals surface area contributed by atoms with Crippen LogP contribution in [0.15, 0.2) is 34.0 Å². The zero-order chi connectivity index (χ0) is 20.4. The molecule has 0 saturated heterocycles. The number of aliphatic hydroxyl groups is 1. The van der Waals surface area contributed by atoms with Crippen LogP contribution in [0.1, 0.15) is 84.6 Å². The van der Waals surface area contributed by atoms with Gasteiger partial charge in [-0.2, -0.15) is 11.3 Å². The molecule has 1 nitrogen and oxygen atoms in total. The lowest BCUT2D eigenvalue weighted by atomic mass is 9.45. The monoisotopic (exact) mass is 410 g/mol. The van der Waals surface area contributed by atoms with Crippen molar-refractivity contribution >= 4 is 16.9 Å². The Morgan fingerprint density at radius 3 is 2.55 bits per heavy atom. The minimum Gasteiger partial charge on any atom is -0.393 e. The molecule has 0 aromatic carbocycles. The topological polar surface area (TPSA) is 20.2 Å². The second-order valence-corrected chi connectivity index (χ2v) is 11.7. The molecule has 5 rings (SSSR count). The van der Waals surface area contributed by atoms with Crippen molar-refractivity contribution in [1.29, 1.82) is 0 Å². The van der Waals surface area contributed by atoms with E-state index in [9.17, 15) is 5.11 Å². The Morgan fingerprint density at radius 1 is 1.07 bits per heavy atom. The predicted molar refractivity (Wildman–Crippen MR) is 124 cm³/mol. The Bertz CT molecular complexity index is 833. The van der Waals surface area contributed by atoms with Crippen LogP contribution < -0.4 is 0 Å². The first-order chi connectivity index (χ1) is 13.9. The van der Waals surface area contributed by atoms with Crippen molar-refractivity contribution in [2.45, 2.75) is 85.2 Å². The highest BCUT2D eigenvalue weighted by Gasteiger charge is 2.59. The van der Waals surface area contributed by atoms with Gasteiger partial charge in [0.1, 0.15) is 0 Å². The Kier molecular flexibility index (Phi) is 4.91. The zero-order valence-electron chi connectivity index (χ0n) is 18.7. The first-order valence-corrected chi connectivity index (χ1v) is 13.0. The Hall–Kier alpha value is -0.860. The largest absolute Gasteiger partial charge is 0.393 e. The lowest BCUT2D eigenvalue weighted by Crippen LogP contribution is -2.52. The molecule has 0 amide bonds. The molecule has 29 heavy (non-hydrogen) atoms. The number of allylic oxidation sites excluding steroid dienone is 3. The molecule has 0 aliphatic heterocycles. The van der Waals surface area contributed by atoms with Crippen LogP contribution in [0, 0.1) is 34.5 Å². The van der Waals surface area contributed by atoms with Gasteiger partial charge >= 0.3 is 0 Å². The van der Waals surface area contributed by atoms with E-state index in [0.717, 1.165) is 30.6 Å². The maximum atomic E-state index is 10.4. The summed E-state index contributed by atoms with van der Waals surface area (Å²) < 4.78 is 0. The average molecular weight is 411 g/mol. The SMILES string of the molecule is CCC1=C(c2ccsc2)[C@@]2(C)CC[C@@H]3[C@@H](C(CC)C=C4CC(O)CC[C@@]43C)[C@@H]2C1. The minimum atomic E-state index is -0.109. The number of fused-ring (bicyclic) bond motifs is 5. The van der Waals surface area contributed by atoms with Crippen LogP contribution in [0.4, 0.5) is 0 Å². The third kappa shape index (κ3) is 2.81. The number of hydrogen-bond acceptors (Lipinski definition) is 2.